The molecule has 152 valence electrons. The van der Waals surface area contributed by atoms with E-state index in [4.69, 9.17) is 5.14 Å². The number of para-hydroxylation sites is 1. The standard InChI is InChI=1S/C17H16FN5O4S2/c1-23-14-7-6-10(29(19,26)27)8-13(14)21-17(23)28-9-15(24)22-16(25)20-12-5-3-2-4-11(12)18/h2-8H,9H2,1H3,(H2,19,26,27)(H2,20,22,24,25). The van der Waals surface area contributed by atoms with Crippen LogP contribution in [-0.2, 0) is 21.9 Å². The molecule has 0 aliphatic carbocycles. The minimum atomic E-state index is -3.86. The number of amides is 3. The van der Waals surface area contributed by atoms with Gasteiger partial charge in [-0.05, 0) is 30.3 Å². The molecule has 0 unspecified atom stereocenters. The zero-order valence-electron chi connectivity index (χ0n) is 15.0. The summed E-state index contributed by atoms with van der Waals surface area (Å²) in [4.78, 5) is 28.0. The molecular weight excluding hydrogens is 421 g/mol. The third-order valence-electron chi connectivity index (χ3n) is 3.85. The first kappa shape index (κ1) is 20.8. The van der Waals surface area contributed by atoms with E-state index in [2.05, 4.69) is 15.6 Å². The summed E-state index contributed by atoms with van der Waals surface area (Å²) in [6.45, 7) is 0. The number of imide groups is 1. The van der Waals surface area contributed by atoms with Gasteiger partial charge in [-0.3, -0.25) is 10.1 Å². The van der Waals surface area contributed by atoms with Gasteiger partial charge in [-0.1, -0.05) is 23.9 Å². The zero-order chi connectivity index (χ0) is 21.2. The lowest BCUT2D eigenvalue weighted by Gasteiger charge is -2.07. The second-order valence-corrected chi connectivity index (χ2v) is 8.42. The lowest BCUT2D eigenvalue weighted by Crippen LogP contribution is -2.35. The average Bonchev–Trinajstić information content (AvgIpc) is 2.96. The number of thioether (sulfide) groups is 1. The molecule has 12 heteroatoms. The predicted molar refractivity (Wildman–Crippen MR) is 106 cm³/mol. The first-order valence-electron chi connectivity index (χ1n) is 8.12. The van der Waals surface area contributed by atoms with Crippen molar-refractivity contribution in [3.63, 3.8) is 0 Å². The van der Waals surface area contributed by atoms with Crippen molar-refractivity contribution in [2.75, 3.05) is 11.1 Å². The Morgan fingerprint density at radius 2 is 1.97 bits per heavy atom. The molecule has 0 radical (unpaired) electrons. The number of sulfonamides is 1. The number of rotatable bonds is 5. The molecule has 1 heterocycles. The number of nitrogens with zero attached hydrogens (tertiary/aromatic N) is 2. The Morgan fingerprint density at radius 3 is 2.66 bits per heavy atom. The molecule has 9 nitrogen and oxygen atoms in total. The van der Waals surface area contributed by atoms with E-state index in [1.165, 1.54) is 30.3 Å². The van der Waals surface area contributed by atoms with Crippen molar-refractivity contribution < 1.29 is 22.4 Å². The highest BCUT2D eigenvalue weighted by Crippen LogP contribution is 2.24. The summed E-state index contributed by atoms with van der Waals surface area (Å²) in [7, 11) is -2.15. The van der Waals surface area contributed by atoms with Crippen molar-refractivity contribution in [1.29, 1.82) is 0 Å². The molecule has 0 bridgehead atoms. The quantitative estimate of drug-likeness (QED) is 0.521. The number of nitrogens with one attached hydrogen (secondary N) is 2. The first-order valence-corrected chi connectivity index (χ1v) is 10.7. The van der Waals surface area contributed by atoms with Crippen LogP contribution >= 0.6 is 11.8 Å². The van der Waals surface area contributed by atoms with Gasteiger partial charge in [0.05, 0.1) is 27.4 Å². The summed E-state index contributed by atoms with van der Waals surface area (Å²) >= 11 is 1.05. The molecule has 3 aromatic rings. The molecule has 0 fully saturated rings. The van der Waals surface area contributed by atoms with Crippen LogP contribution in [0.15, 0.2) is 52.5 Å². The van der Waals surface area contributed by atoms with Crippen molar-refractivity contribution in [2.24, 2.45) is 12.2 Å². The number of imidazole rings is 1. The molecule has 4 N–H and O–H groups in total. The predicted octanol–water partition coefficient (Wildman–Crippen LogP) is 1.80. The Balaban J connectivity index is 1.64. The maximum atomic E-state index is 13.5. The highest BCUT2D eigenvalue weighted by molar-refractivity contribution is 7.99. The van der Waals surface area contributed by atoms with Gasteiger partial charge >= 0.3 is 6.03 Å². The van der Waals surface area contributed by atoms with E-state index in [0.717, 1.165) is 11.8 Å². The van der Waals surface area contributed by atoms with E-state index in [-0.39, 0.29) is 16.3 Å². The molecule has 0 atom stereocenters. The summed E-state index contributed by atoms with van der Waals surface area (Å²) in [5.41, 5.74) is 1.00. The fourth-order valence-electron chi connectivity index (χ4n) is 2.47. The molecule has 0 aliphatic heterocycles. The average molecular weight is 437 g/mol. The van der Waals surface area contributed by atoms with Gasteiger partial charge in [0.15, 0.2) is 5.16 Å². The molecule has 0 aliphatic rings. The van der Waals surface area contributed by atoms with Crippen LogP contribution in [0, 0.1) is 5.82 Å². The third-order valence-corrected chi connectivity index (χ3v) is 5.79. The molecule has 29 heavy (non-hydrogen) atoms. The van der Waals surface area contributed by atoms with E-state index in [0.29, 0.717) is 16.2 Å². The fraction of sp³-hybridized carbons (Fsp3) is 0.118. The highest BCUT2D eigenvalue weighted by Gasteiger charge is 2.15. The Hall–Kier alpha value is -2.96. The lowest BCUT2D eigenvalue weighted by molar-refractivity contribution is -0.117. The Labute approximate surface area is 169 Å². The van der Waals surface area contributed by atoms with E-state index < -0.39 is 27.8 Å². The Bertz CT molecular complexity index is 1210. The van der Waals surface area contributed by atoms with Crippen LogP contribution < -0.4 is 15.8 Å². The van der Waals surface area contributed by atoms with Gasteiger partial charge in [0.1, 0.15) is 5.82 Å². The molecule has 2 aromatic carbocycles. The fourth-order valence-corrected chi connectivity index (χ4v) is 3.79. The maximum Gasteiger partial charge on any atom is 0.325 e. The second-order valence-electron chi connectivity index (χ2n) is 5.92. The second kappa shape index (κ2) is 8.19. The minimum absolute atomic E-state index is 0.0496. The summed E-state index contributed by atoms with van der Waals surface area (Å²) in [6.07, 6.45) is 0. The monoisotopic (exact) mass is 437 g/mol. The number of urea groups is 1. The smallest absolute Gasteiger partial charge is 0.322 e. The van der Waals surface area contributed by atoms with Crippen LogP contribution in [0.2, 0.25) is 0 Å². The molecule has 1 aromatic heterocycles. The van der Waals surface area contributed by atoms with E-state index in [1.807, 2.05) is 0 Å². The van der Waals surface area contributed by atoms with Gasteiger partial charge in [0.2, 0.25) is 15.9 Å². The van der Waals surface area contributed by atoms with Crippen molar-refractivity contribution in [1.82, 2.24) is 14.9 Å². The van der Waals surface area contributed by atoms with Crippen molar-refractivity contribution in [2.45, 2.75) is 10.1 Å². The van der Waals surface area contributed by atoms with Crippen LogP contribution in [0.25, 0.3) is 11.0 Å². The summed E-state index contributed by atoms with van der Waals surface area (Å²) in [5, 5.41) is 9.91. The highest BCUT2D eigenvalue weighted by atomic mass is 32.2. The van der Waals surface area contributed by atoms with Crippen LogP contribution in [0.1, 0.15) is 0 Å². The van der Waals surface area contributed by atoms with Crippen molar-refractivity contribution >= 4 is 50.4 Å². The number of anilines is 1. The first-order chi connectivity index (χ1) is 13.6. The number of primary sulfonamides is 1. The topological polar surface area (TPSA) is 136 Å². The third kappa shape index (κ3) is 4.91. The number of nitrogens with two attached hydrogens (primary N) is 1. The Morgan fingerprint density at radius 1 is 1.24 bits per heavy atom. The van der Waals surface area contributed by atoms with Gasteiger partial charge in [-0.15, -0.1) is 0 Å². The number of hydrogen-bond acceptors (Lipinski definition) is 6. The van der Waals surface area contributed by atoms with Gasteiger partial charge in [-0.25, -0.2) is 27.7 Å². The van der Waals surface area contributed by atoms with Crippen molar-refractivity contribution in [3.8, 4) is 0 Å². The van der Waals surface area contributed by atoms with Gasteiger partial charge in [0.25, 0.3) is 0 Å². The largest absolute Gasteiger partial charge is 0.325 e. The van der Waals surface area contributed by atoms with Gasteiger partial charge < -0.3 is 9.88 Å². The number of benzene rings is 2. The Kier molecular flexibility index (Phi) is 5.86. The summed E-state index contributed by atoms with van der Waals surface area (Å²) < 4.78 is 38.1. The number of halogens is 1. The minimum Gasteiger partial charge on any atom is -0.322 e. The molecule has 0 spiro atoms. The van der Waals surface area contributed by atoms with E-state index in [9.17, 15) is 22.4 Å². The molecule has 0 saturated heterocycles. The number of aromatic nitrogens is 2. The number of carbonyl (C=O) groups excluding carboxylic acids is 2. The van der Waals surface area contributed by atoms with Gasteiger partial charge in [-0.2, -0.15) is 0 Å². The molecular formula is C17H16FN5O4S2. The van der Waals surface area contributed by atoms with Crippen LogP contribution in [0.5, 0.6) is 0 Å². The van der Waals surface area contributed by atoms with E-state index in [1.54, 1.807) is 23.7 Å². The molecule has 0 saturated carbocycles. The lowest BCUT2D eigenvalue weighted by atomic mass is 10.3. The van der Waals surface area contributed by atoms with Gasteiger partial charge in [0, 0.05) is 7.05 Å². The number of hydrogen-bond donors (Lipinski definition) is 3. The van der Waals surface area contributed by atoms with Crippen LogP contribution in [0.3, 0.4) is 0 Å². The number of carbonyl (C=O) groups is 2. The summed E-state index contributed by atoms with van der Waals surface area (Å²) in [6, 6.07) is 8.98. The number of aryl methyl sites for hydroxylation is 1. The van der Waals surface area contributed by atoms with Crippen molar-refractivity contribution in [3.05, 3.63) is 48.3 Å². The molecule has 3 rings (SSSR count). The number of fused-ring (bicyclic) bond motifs is 1. The molecule has 3 amide bonds. The SMILES string of the molecule is Cn1c(SCC(=O)NC(=O)Nc2ccccc2F)nc2cc(S(N)(=O)=O)ccc21. The van der Waals surface area contributed by atoms with Crippen LogP contribution in [-0.4, -0.2) is 35.7 Å². The van der Waals surface area contributed by atoms with Crippen LogP contribution in [0.4, 0.5) is 14.9 Å². The van der Waals surface area contributed by atoms with E-state index >= 15 is 0 Å². The summed E-state index contributed by atoms with van der Waals surface area (Å²) in [5.74, 6) is -1.37. The normalized spacial score (nSPS) is 11.4. The zero-order valence-corrected chi connectivity index (χ0v) is 16.7. The maximum absolute atomic E-state index is 13.5.